The maximum Gasteiger partial charge on any atom is 0.273 e. The molecule has 1 amide bonds. The standard InChI is InChI=1S/C16H16N2O3/c1-10-7-8-11(2)14(9-10)17-16(19)13-5-4-6-15(12(13)3)18(20)21/h4-9H,1-3H3,(H,17,19). The van der Waals surface area contributed by atoms with E-state index in [0.717, 1.165) is 11.1 Å². The summed E-state index contributed by atoms with van der Waals surface area (Å²) in [5.74, 6) is -0.343. The number of hydrogen-bond donors (Lipinski definition) is 1. The van der Waals surface area contributed by atoms with Gasteiger partial charge in [0.25, 0.3) is 11.6 Å². The quantitative estimate of drug-likeness (QED) is 0.688. The van der Waals surface area contributed by atoms with Crippen LogP contribution in [0.15, 0.2) is 36.4 Å². The first kappa shape index (κ1) is 14.7. The van der Waals surface area contributed by atoms with Crippen molar-refractivity contribution in [3.8, 4) is 0 Å². The number of amides is 1. The normalized spacial score (nSPS) is 10.2. The lowest BCUT2D eigenvalue weighted by atomic mass is 10.1. The maximum absolute atomic E-state index is 12.3. The second-order valence-electron chi connectivity index (χ2n) is 4.98. The molecule has 0 atom stereocenters. The number of rotatable bonds is 3. The Morgan fingerprint density at radius 3 is 2.52 bits per heavy atom. The van der Waals surface area contributed by atoms with Crippen molar-refractivity contribution >= 4 is 17.3 Å². The SMILES string of the molecule is Cc1ccc(C)c(NC(=O)c2cccc([N+](=O)[O-])c2C)c1. The predicted octanol–water partition coefficient (Wildman–Crippen LogP) is 3.77. The van der Waals surface area contributed by atoms with Gasteiger partial charge < -0.3 is 5.32 Å². The molecule has 0 fully saturated rings. The van der Waals surface area contributed by atoms with Crippen LogP contribution in [0.4, 0.5) is 11.4 Å². The van der Waals surface area contributed by atoms with Crippen LogP contribution in [0.2, 0.25) is 0 Å². The Labute approximate surface area is 122 Å². The predicted molar refractivity (Wildman–Crippen MR) is 81.7 cm³/mol. The zero-order chi connectivity index (χ0) is 15.6. The van der Waals surface area contributed by atoms with Gasteiger partial charge in [0.15, 0.2) is 0 Å². The Kier molecular flexibility index (Phi) is 4.03. The molecule has 108 valence electrons. The third kappa shape index (κ3) is 3.08. The molecule has 5 nitrogen and oxygen atoms in total. The van der Waals surface area contributed by atoms with Gasteiger partial charge >= 0.3 is 0 Å². The fourth-order valence-corrected chi connectivity index (χ4v) is 2.13. The van der Waals surface area contributed by atoms with E-state index < -0.39 is 4.92 Å². The maximum atomic E-state index is 12.3. The number of nitro groups is 1. The van der Waals surface area contributed by atoms with E-state index in [0.29, 0.717) is 16.8 Å². The summed E-state index contributed by atoms with van der Waals surface area (Å²) >= 11 is 0. The van der Waals surface area contributed by atoms with Crippen molar-refractivity contribution in [1.29, 1.82) is 0 Å². The van der Waals surface area contributed by atoms with E-state index in [1.54, 1.807) is 13.0 Å². The van der Waals surface area contributed by atoms with Crippen LogP contribution >= 0.6 is 0 Å². The van der Waals surface area contributed by atoms with Crippen molar-refractivity contribution in [1.82, 2.24) is 0 Å². The number of carbonyl (C=O) groups excluding carboxylic acids is 1. The van der Waals surface area contributed by atoms with Crippen LogP contribution in [0.1, 0.15) is 27.0 Å². The van der Waals surface area contributed by atoms with Gasteiger partial charge in [-0.3, -0.25) is 14.9 Å². The minimum absolute atomic E-state index is 0.0522. The molecular formula is C16H16N2O3. The van der Waals surface area contributed by atoms with Crippen LogP contribution in [-0.4, -0.2) is 10.8 Å². The van der Waals surface area contributed by atoms with E-state index in [-0.39, 0.29) is 11.6 Å². The van der Waals surface area contributed by atoms with Gasteiger partial charge in [-0.2, -0.15) is 0 Å². The lowest BCUT2D eigenvalue weighted by Crippen LogP contribution is -2.15. The largest absolute Gasteiger partial charge is 0.322 e. The van der Waals surface area contributed by atoms with Crippen molar-refractivity contribution < 1.29 is 9.72 Å². The molecule has 0 bridgehead atoms. The first-order valence-corrected chi connectivity index (χ1v) is 6.52. The highest BCUT2D eigenvalue weighted by Gasteiger charge is 2.18. The number of nitro benzene ring substituents is 1. The van der Waals surface area contributed by atoms with E-state index in [2.05, 4.69) is 5.32 Å². The minimum atomic E-state index is -0.482. The van der Waals surface area contributed by atoms with Crippen LogP contribution < -0.4 is 5.32 Å². The third-order valence-electron chi connectivity index (χ3n) is 3.39. The molecule has 1 N–H and O–H groups in total. The highest BCUT2D eigenvalue weighted by Crippen LogP contribution is 2.23. The first-order valence-electron chi connectivity index (χ1n) is 6.52. The number of anilines is 1. The number of hydrogen-bond acceptors (Lipinski definition) is 3. The van der Waals surface area contributed by atoms with Crippen molar-refractivity contribution in [3.63, 3.8) is 0 Å². The van der Waals surface area contributed by atoms with Crippen molar-refractivity contribution in [2.75, 3.05) is 5.32 Å². The molecule has 0 heterocycles. The van der Waals surface area contributed by atoms with Gasteiger partial charge in [0, 0.05) is 22.9 Å². The molecule has 0 aliphatic rings. The number of nitrogens with zero attached hydrogens (tertiary/aromatic N) is 1. The number of nitrogens with one attached hydrogen (secondary N) is 1. The molecule has 2 aromatic carbocycles. The van der Waals surface area contributed by atoms with Gasteiger partial charge in [0.05, 0.1) is 4.92 Å². The molecule has 0 saturated heterocycles. The summed E-state index contributed by atoms with van der Waals surface area (Å²) in [7, 11) is 0. The highest BCUT2D eigenvalue weighted by molar-refractivity contribution is 6.06. The summed E-state index contributed by atoms with van der Waals surface area (Å²) in [4.78, 5) is 22.8. The molecule has 5 heteroatoms. The summed E-state index contributed by atoms with van der Waals surface area (Å²) in [5.41, 5.74) is 3.31. The third-order valence-corrected chi connectivity index (χ3v) is 3.39. The average Bonchev–Trinajstić information content (AvgIpc) is 2.42. The lowest BCUT2D eigenvalue weighted by molar-refractivity contribution is -0.385. The summed E-state index contributed by atoms with van der Waals surface area (Å²) in [6.45, 7) is 5.42. The van der Waals surface area contributed by atoms with Crippen LogP contribution in [0.3, 0.4) is 0 Å². The molecule has 0 saturated carbocycles. The Balaban J connectivity index is 2.35. The fourth-order valence-electron chi connectivity index (χ4n) is 2.13. The number of carbonyl (C=O) groups is 1. The monoisotopic (exact) mass is 284 g/mol. The summed E-state index contributed by atoms with van der Waals surface area (Å²) in [6, 6.07) is 10.3. The summed E-state index contributed by atoms with van der Waals surface area (Å²) in [6.07, 6.45) is 0. The van der Waals surface area contributed by atoms with Gasteiger partial charge in [-0.05, 0) is 44.0 Å². The Hall–Kier alpha value is -2.69. The molecule has 0 spiro atoms. The van der Waals surface area contributed by atoms with E-state index in [4.69, 9.17) is 0 Å². The molecular weight excluding hydrogens is 268 g/mol. The molecule has 2 rings (SSSR count). The van der Waals surface area contributed by atoms with Gasteiger partial charge in [0.1, 0.15) is 0 Å². The second kappa shape index (κ2) is 5.75. The van der Waals surface area contributed by atoms with E-state index in [9.17, 15) is 14.9 Å². The second-order valence-corrected chi connectivity index (χ2v) is 4.98. The number of aryl methyl sites for hydroxylation is 2. The Bertz CT molecular complexity index is 723. The Morgan fingerprint density at radius 2 is 1.86 bits per heavy atom. The molecule has 0 aliphatic heterocycles. The van der Waals surface area contributed by atoms with Gasteiger partial charge in [-0.25, -0.2) is 0 Å². The molecule has 2 aromatic rings. The smallest absolute Gasteiger partial charge is 0.273 e. The van der Waals surface area contributed by atoms with Crippen molar-refractivity contribution in [2.24, 2.45) is 0 Å². The van der Waals surface area contributed by atoms with Gasteiger partial charge in [0.2, 0.25) is 0 Å². The summed E-state index contributed by atoms with van der Waals surface area (Å²) in [5, 5.41) is 13.7. The van der Waals surface area contributed by atoms with E-state index in [1.165, 1.54) is 12.1 Å². The molecule has 0 unspecified atom stereocenters. The lowest BCUT2D eigenvalue weighted by Gasteiger charge is -2.11. The molecule has 0 aromatic heterocycles. The van der Waals surface area contributed by atoms with Gasteiger partial charge in [-0.15, -0.1) is 0 Å². The summed E-state index contributed by atoms with van der Waals surface area (Å²) < 4.78 is 0. The topological polar surface area (TPSA) is 72.2 Å². The molecule has 0 aliphatic carbocycles. The van der Waals surface area contributed by atoms with Crippen LogP contribution in [0, 0.1) is 30.9 Å². The van der Waals surface area contributed by atoms with Crippen molar-refractivity contribution in [3.05, 3.63) is 68.8 Å². The zero-order valence-electron chi connectivity index (χ0n) is 12.1. The number of benzene rings is 2. The van der Waals surface area contributed by atoms with E-state index >= 15 is 0 Å². The Morgan fingerprint density at radius 1 is 1.14 bits per heavy atom. The molecule has 21 heavy (non-hydrogen) atoms. The van der Waals surface area contributed by atoms with Crippen molar-refractivity contribution in [2.45, 2.75) is 20.8 Å². The first-order chi connectivity index (χ1) is 9.90. The van der Waals surface area contributed by atoms with Crippen LogP contribution in [0.5, 0.6) is 0 Å². The average molecular weight is 284 g/mol. The molecule has 0 radical (unpaired) electrons. The zero-order valence-corrected chi connectivity index (χ0v) is 12.1. The van der Waals surface area contributed by atoms with Crippen LogP contribution in [-0.2, 0) is 0 Å². The fraction of sp³-hybridized carbons (Fsp3) is 0.188. The minimum Gasteiger partial charge on any atom is -0.322 e. The van der Waals surface area contributed by atoms with Gasteiger partial charge in [-0.1, -0.05) is 18.2 Å². The van der Waals surface area contributed by atoms with Crippen LogP contribution in [0.25, 0.3) is 0 Å². The highest BCUT2D eigenvalue weighted by atomic mass is 16.6. The van der Waals surface area contributed by atoms with E-state index in [1.807, 2.05) is 32.0 Å².